The van der Waals surface area contributed by atoms with Gasteiger partial charge >= 0.3 is 0 Å². The molecule has 0 fully saturated rings. The van der Waals surface area contributed by atoms with Gasteiger partial charge in [0, 0.05) is 14.2 Å². The minimum Gasteiger partial charge on any atom is -0.352 e. The van der Waals surface area contributed by atoms with Crippen LogP contribution in [0.4, 0.5) is 0 Å². The molecule has 0 aromatic heterocycles. The largest absolute Gasteiger partial charge is 0.352 e. The lowest BCUT2D eigenvalue weighted by molar-refractivity contribution is -0.0745. The van der Waals surface area contributed by atoms with E-state index in [1.165, 1.54) is 0 Å². The molecule has 0 aliphatic heterocycles. The molecule has 0 aliphatic rings. The quantitative estimate of drug-likeness (QED) is 0.640. The maximum Gasteiger partial charge on any atom is 0.179 e. The summed E-state index contributed by atoms with van der Waals surface area (Å²) in [6.07, 6.45) is -0.218. The van der Waals surface area contributed by atoms with Crippen LogP contribution in [0, 0.1) is 0 Å². The first-order chi connectivity index (χ1) is 4.26. The van der Waals surface area contributed by atoms with Gasteiger partial charge in [-0.05, 0) is 17.5 Å². The molecule has 0 bridgehead atoms. The summed E-state index contributed by atoms with van der Waals surface area (Å²) in [5.41, 5.74) is 1.01. The molecule has 0 rings (SSSR count). The highest BCUT2D eigenvalue weighted by molar-refractivity contribution is 9.11. The average molecular weight is 195 g/mol. The van der Waals surface area contributed by atoms with Crippen molar-refractivity contribution in [3.05, 3.63) is 10.6 Å². The summed E-state index contributed by atoms with van der Waals surface area (Å²) in [4.78, 5) is 1.78. The minimum absolute atomic E-state index is 0.218. The first kappa shape index (κ1) is 9.14. The van der Waals surface area contributed by atoms with E-state index in [-0.39, 0.29) is 6.29 Å². The number of hydrogen-bond donors (Lipinski definition) is 0. The zero-order valence-corrected chi connectivity index (χ0v) is 7.44. The highest BCUT2D eigenvalue weighted by Crippen LogP contribution is 2.07. The van der Waals surface area contributed by atoms with Gasteiger partial charge in [-0.25, -0.2) is 0 Å². The molecule has 0 atom stereocenters. The molecule has 0 saturated heterocycles. The third-order valence-electron chi connectivity index (χ3n) is 0.972. The summed E-state index contributed by atoms with van der Waals surface area (Å²) in [5, 5.41) is 0. The standard InChI is InChI=1S/C6H11BrO2/c1-5(4-7)6(8-2)9-3/h4,6H,1-3H3/b5-4+. The number of ether oxygens (including phenoxy) is 2. The van der Waals surface area contributed by atoms with E-state index in [9.17, 15) is 0 Å². The number of hydrogen-bond acceptors (Lipinski definition) is 2. The van der Waals surface area contributed by atoms with Crippen molar-refractivity contribution in [3.8, 4) is 0 Å². The Morgan fingerprint density at radius 1 is 1.44 bits per heavy atom. The molecular formula is C6H11BrO2. The first-order valence-corrected chi connectivity index (χ1v) is 3.50. The Bertz CT molecular complexity index is 97.2. The molecule has 9 heavy (non-hydrogen) atoms. The van der Waals surface area contributed by atoms with E-state index in [1.807, 2.05) is 6.92 Å². The third kappa shape index (κ3) is 2.98. The normalized spacial score (nSPS) is 12.8. The fraction of sp³-hybridized carbons (Fsp3) is 0.667. The molecule has 2 nitrogen and oxygen atoms in total. The van der Waals surface area contributed by atoms with Gasteiger partial charge in [0.1, 0.15) is 0 Å². The van der Waals surface area contributed by atoms with Gasteiger partial charge < -0.3 is 9.47 Å². The molecule has 0 aromatic rings. The van der Waals surface area contributed by atoms with Crippen molar-refractivity contribution in [1.29, 1.82) is 0 Å². The van der Waals surface area contributed by atoms with Crippen LogP contribution in [-0.4, -0.2) is 20.5 Å². The van der Waals surface area contributed by atoms with Crippen LogP contribution >= 0.6 is 15.9 Å². The predicted octanol–water partition coefficient (Wildman–Crippen LogP) is 1.90. The zero-order valence-electron chi connectivity index (χ0n) is 5.85. The smallest absolute Gasteiger partial charge is 0.179 e. The fourth-order valence-corrected chi connectivity index (χ4v) is 0.735. The predicted molar refractivity (Wildman–Crippen MR) is 40.5 cm³/mol. The van der Waals surface area contributed by atoms with Crippen LogP contribution in [0.15, 0.2) is 10.6 Å². The van der Waals surface area contributed by atoms with E-state index in [0.29, 0.717) is 0 Å². The fourth-order valence-electron chi connectivity index (χ4n) is 0.519. The van der Waals surface area contributed by atoms with Gasteiger partial charge in [0.25, 0.3) is 0 Å². The zero-order chi connectivity index (χ0) is 7.28. The van der Waals surface area contributed by atoms with Gasteiger partial charge in [0.2, 0.25) is 0 Å². The Morgan fingerprint density at radius 3 is 2.00 bits per heavy atom. The van der Waals surface area contributed by atoms with Crippen molar-refractivity contribution in [3.63, 3.8) is 0 Å². The van der Waals surface area contributed by atoms with Crippen molar-refractivity contribution in [1.82, 2.24) is 0 Å². The van der Waals surface area contributed by atoms with Crippen LogP contribution < -0.4 is 0 Å². The molecule has 0 radical (unpaired) electrons. The Kier molecular flexibility index (Phi) is 5.04. The lowest BCUT2D eigenvalue weighted by Gasteiger charge is -2.12. The molecule has 0 spiro atoms. The Morgan fingerprint density at radius 2 is 1.89 bits per heavy atom. The average Bonchev–Trinajstić information content (AvgIpc) is 1.90. The molecule has 0 aromatic carbocycles. The van der Waals surface area contributed by atoms with Crippen LogP contribution in [-0.2, 0) is 9.47 Å². The van der Waals surface area contributed by atoms with Crippen LogP contribution in [0.2, 0.25) is 0 Å². The number of rotatable bonds is 3. The highest BCUT2D eigenvalue weighted by Gasteiger charge is 2.04. The summed E-state index contributed by atoms with van der Waals surface area (Å²) >= 11 is 3.17. The number of methoxy groups -OCH3 is 2. The van der Waals surface area contributed by atoms with Crippen molar-refractivity contribution in [2.45, 2.75) is 13.2 Å². The van der Waals surface area contributed by atoms with Crippen LogP contribution in [0.5, 0.6) is 0 Å². The Hall–Kier alpha value is 0.140. The summed E-state index contributed by atoms with van der Waals surface area (Å²) in [5.74, 6) is 0. The maximum atomic E-state index is 4.93. The second kappa shape index (κ2) is 4.97. The molecule has 0 amide bonds. The van der Waals surface area contributed by atoms with E-state index >= 15 is 0 Å². The van der Waals surface area contributed by atoms with E-state index in [2.05, 4.69) is 15.9 Å². The Labute approximate surface area is 64.0 Å². The van der Waals surface area contributed by atoms with E-state index in [4.69, 9.17) is 9.47 Å². The van der Waals surface area contributed by atoms with Crippen LogP contribution in [0.3, 0.4) is 0 Å². The summed E-state index contributed by atoms with van der Waals surface area (Å²) < 4.78 is 9.86. The van der Waals surface area contributed by atoms with Crippen molar-refractivity contribution < 1.29 is 9.47 Å². The molecule has 0 heterocycles. The van der Waals surface area contributed by atoms with E-state index in [0.717, 1.165) is 5.57 Å². The van der Waals surface area contributed by atoms with Gasteiger partial charge in [-0.1, -0.05) is 15.9 Å². The van der Waals surface area contributed by atoms with E-state index < -0.39 is 0 Å². The Balaban J connectivity index is 3.79. The monoisotopic (exact) mass is 194 g/mol. The molecular weight excluding hydrogens is 184 g/mol. The van der Waals surface area contributed by atoms with Crippen molar-refractivity contribution in [2.24, 2.45) is 0 Å². The maximum absolute atomic E-state index is 4.93. The molecule has 0 N–H and O–H groups in total. The van der Waals surface area contributed by atoms with Gasteiger partial charge in [0.05, 0.1) is 0 Å². The second-order valence-corrected chi connectivity index (χ2v) is 2.11. The van der Waals surface area contributed by atoms with Crippen LogP contribution in [0.25, 0.3) is 0 Å². The first-order valence-electron chi connectivity index (χ1n) is 2.58. The summed E-state index contributed by atoms with van der Waals surface area (Å²) in [6.45, 7) is 1.92. The minimum atomic E-state index is -0.218. The van der Waals surface area contributed by atoms with Crippen molar-refractivity contribution >= 4 is 15.9 Å². The molecule has 0 saturated carbocycles. The van der Waals surface area contributed by atoms with Gasteiger partial charge in [0.15, 0.2) is 6.29 Å². The lowest BCUT2D eigenvalue weighted by atomic mass is 10.3. The number of halogens is 1. The third-order valence-corrected chi connectivity index (χ3v) is 1.69. The van der Waals surface area contributed by atoms with Gasteiger partial charge in [-0.15, -0.1) is 0 Å². The molecule has 54 valence electrons. The molecule has 0 unspecified atom stereocenters. The topological polar surface area (TPSA) is 18.5 Å². The lowest BCUT2D eigenvalue weighted by Crippen LogP contribution is -2.13. The molecule has 0 aliphatic carbocycles. The van der Waals surface area contributed by atoms with Crippen LogP contribution in [0.1, 0.15) is 6.92 Å². The highest BCUT2D eigenvalue weighted by atomic mass is 79.9. The van der Waals surface area contributed by atoms with E-state index in [1.54, 1.807) is 19.2 Å². The van der Waals surface area contributed by atoms with Gasteiger partial charge in [-0.2, -0.15) is 0 Å². The summed E-state index contributed by atoms with van der Waals surface area (Å²) in [6, 6.07) is 0. The van der Waals surface area contributed by atoms with Crippen molar-refractivity contribution in [2.75, 3.05) is 14.2 Å². The second-order valence-electron chi connectivity index (χ2n) is 1.66. The van der Waals surface area contributed by atoms with Gasteiger partial charge in [-0.3, -0.25) is 0 Å². The summed E-state index contributed by atoms with van der Waals surface area (Å²) in [7, 11) is 3.21. The SMILES string of the molecule is COC(OC)/C(C)=C/Br. The molecule has 3 heteroatoms.